The van der Waals surface area contributed by atoms with Crippen molar-refractivity contribution >= 4 is 21.7 Å². The van der Waals surface area contributed by atoms with Gasteiger partial charge in [-0.05, 0) is 58.8 Å². The van der Waals surface area contributed by atoms with Gasteiger partial charge in [0, 0.05) is 12.3 Å². The molecule has 0 spiro atoms. The second-order valence-corrected chi connectivity index (χ2v) is 6.07. The van der Waals surface area contributed by atoms with E-state index in [0.29, 0.717) is 11.7 Å². The molecule has 2 atom stereocenters. The van der Waals surface area contributed by atoms with Crippen molar-refractivity contribution in [1.82, 2.24) is 0 Å². The van der Waals surface area contributed by atoms with Crippen molar-refractivity contribution < 1.29 is 9.53 Å². The highest BCUT2D eigenvalue weighted by Crippen LogP contribution is 2.31. The molecule has 0 N–H and O–H groups in total. The number of ether oxygens (including phenoxy) is 1. The Bertz CT molecular complexity index is 442. The number of hydrogen-bond donors (Lipinski definition) is 0. The fraction of sp³-hybridized carbons (Fsp3) is 0.533. The van der Waals surface area contributed by atoms with Gasteiger partial charge in [-0.15, -0.1) is 0 Å². The number of carbonyl (C=O) groups is 1. The topological polar surface area (TPSA) is 26.3 Å². The molecule has 1 saturated carbocycles. The molecule has 0 saturated heterocycles. The Morgan fingerprint density at radius 2 is 2.22 bits per heavy atom. The van der Waals surface area contributed by atoms with E-state index in [4.69, 9.17) is 4.74 Å². The standard InChI is InChI=1S/C15H19BrO2/c1-10-3-5-14(17)12(7-10)8-11-4-6-15(18-2)13(16)9-11/h4,6,9-10,12H,3,5,7-8H2,1-2H3. The number of hydrogen-bond acceptors (Lipinski definition) is 2. The molecular weight excluding hydrogens is 292 g/mol. The molecule has 1 aromatic rings. The van der Waals surface area contributed by atoms with Crippen LogP contribution >= 0.6 is 15.9 Å². The predicted molar refractivity (Wildman–Crippen MR) is 75.9 cm³/mol. The van der Waals surface area contributed by atoms with E-state index in [1.54, 1.807) is 7.11 Å². The Labute approximate surface area is 117 Å². The molecule has 2 nitrogen and oxygen atoms in total. The first-order chi connectivity index (χ1) is 8.60. The summed E-state index contributed by atoms with van der Waals surface area (Å²) in [6, 6.07) is 6.07. The second-order valence-electron chi connectivity index (χ2n) is 5.22. The van der Waals surface area contributed by atoms with Gasteiger partial charge in [-0.1, -0.05) is 13.0 Å². The molecule has 98 valence electrons. The number of rotatable bonds is 3. The lowest BCUT2D eigenvalue weighted by Gasteiger charge is -2.25. The Hall–Kier alpha value is -0.830. The zero-order valence-corrected chi connectivity index (χ0v) is 12.5. The van der Waals surface area contributed by atoms with Gasteiger partial charge in [-0.2, -0.15) is 0 Å². The van der Waals surface area contributed by atoms with Crippen LogP contribution in [-0.2, 0) is 11.2 Å². The molecule has 1 aromatic carbocycles. The van der Waals surface area contributed by atoms with Crippen LogP contribution in [0.15, 0.2) is 22.7 Å². The number of ketones is 1. The van der Waals surface area contributed by atoms with Gasteiger partial charge in [0.15, 0.2) is 0 Å². The van der Waals surface area contributed by atoms with Crippen molar-refractivity contribution in [3.05, 3.63) is 28.2 Å². The van der Waals surface area contributed by atoms with Crippen LogP contribution in [0.4, 0.5) is 0 Å². The quantitative estimate of drug-likeness (QED) is 0.843. The number of carbonyl (C=O) groups excluding carboxylic acids is 1. The summed E-state index contributed by atoms with van der Waals surface area (Å²) in [6.07, 6.45) is 3.69. The third kappa shape index (κ3) is 3.14. The first-order valence-electron chi connectivity index (χ1n) is 6.45. The molecule has 0 radical (unpaired) electrons. The minimum atomic E-state index is 0.203. The highest BCUT2D eigenvalue weighted by molar-refractivity contribution is 9.10. The van der Waals surface area contributed by atoms with Crippen LogP contribution < -0.4 is 4.74 Å². The molecule has 0 aliphatic heterocycles. The fourth-order valence-electron chi connectivity index (χ4n) is 2.65. The summed E-state index contributed by atoms with van der Waals surface area (Å²) in [6.45, 7) is 2.24. The molecule has 1 aliphatic rings. The van der Waals surface area contributed by atoms with Crippen LogP contribution in [0, 0.1) is 11.8 Å². The first kappa shape index (κ1) is 13.6. The van der Waals surface area contributed by atoms with Crippen LogP contribution in [0.5, 0.6) is 5.75 Å². The first-order valence-corrected chi connectivity index (χ1v) is 7.24. The van der Waals surface area contributed by atoms with Gasteiger partial charge in [0.25, 0.3) is 0 Å². The molecule has 18 heavy (non-hydrogen) atoms. The van der Waals surface area contributed by atoms with Crippen molar-refractivity contribution in [3.63, 3.8) is 0 Å². The monoisotopic (exact) mass is 310 g/mol. The predicted octanol–water partition coefficient (Wildman–Crippen LogP) is 4.01. The summed E-state index contributed by atoms with van der Waals surface area (Å²) in [5, 5.41) is 0. The summed E-state index contributed by atoms with van der Waals surface area (Å²) in [5.41, 5.74) is 1.20. The Morgan fingerprint density at radius 3 is 2.89 bits per heavy atom. The van der Waals surface area contributed by atoms with E-state index in [0.717, 1.165) is 35.9 Å². The number of Topliss-reactive ketones (excluding diaryl/α,β-unsaturated/α-hetero) is 1. The Kier molecular flexibility index (Phi) is 4.44. The molecule has 3 heteroatoms. The SMILES string of the molecule is COc1ccc(CC2CC(C)CCC2=O)cc1Br. The lowest BCUT2D eigenvalue weighted by atomic mass is 9.78. The fourth-order valence-corrected chi connectivity index (χ4v) is 3.23. The Balaban J connectivity index is 2.08. The molecule has 2 rings (SSSR count). The number of halogens is 1. The van der Waals surface area contributed by atoms with E-state index in [9.17, 15) is 4.79 Å². The summed E-state index contributed by atoms with van der Waals surface area (Å²) < 4.78 is 6.17. The largest absolute Gasteiger partial charge is 0.496 e. The second kappa shape index (κ2) is 5.87. The van der Waals surface area contributed by atoms with Crippen molar-refractivity contribution in [2.45, 2.75) is 32.6 Å². The van der Waals surface area contributed by atoms with E-state index in [1.165, 1.54) is 5.56 Å². The maximum absolute atomic E-state index is 11.9. The van der Waals surface area contributed by atoms with E-state index < -0.39 is 0 Å². The van der Waals surface area contributed by atoms with Gasteiger partial charge in [-0.3, -0.25) is 4.79 Å². The third-order valence-electron chi connectivity index (χ3n) is 3.72. The van der Waals surface area contributed by atoms with Crippen molar-refractivity contribution in [2.24, 2.45) is 11.8 Å². The van der Waals surface area contributed by atoms with Crippen molar-refractivity contribution in [1.29, 1.82) is 0 Å². The van der Waals surface area contributed by atoms with Crippen molar-refractivity contribution in [2.75, 3.05) is 7.11 Å². The number of methoxy groups -OCH3 is 1. The van der Waals surface area contributed by atoms with Crippen molar-refractivity contribution in [3.8, 4) is 5.75 Å². The highest BCUT2D eigenvalue weighted by atomic mass is 79.9. The van der Waals surface area contributed by atoms with Crippen LogP contribution in [0.2, 0.25) is 0 Å². The molecular formula is C15H19BrO2. The summed E-state index contributed by atoms with van der Waals surface area (Å²) >= 11 is 3.49. The summed E-state index contributed by atoms with van der Waals surface area (Å²) in [4.78, 5) is 11.9. The van der Waals surface area contributed by atoms with E-state index >= 15 is 0 Å². The van der Waals surface area contributed by atoms with E-state index in [-0.39, 0.29) is 5.92 Å². The molecule has 2 unspecified atom stereocenters. The van der Waals surface area contributed by atoms with Crippen LogP contribution in [0.25, 0.3) is 0 Å². The highest BCUT2D eigenvalue weighted by Gasteiger charge is 2.26. The molecule has 0 bridgehead atoms. The number of benzene rings is 1. The van der Waals surface area contributed by atoms with Crippen LogP contribution in [-0.4, -0.2) is 12.9 Å². The van der Waals surface area contributed by atoms with Crippen LogP contribution in [0.3, 0.4) is 0 Å². The average molecular weight is 311 g/mol. The lowest BCUT2D eigenvalue weighted by Crippen LogP contribution is -2.25. The zero-order chi connectivity index (χ0) is 13.1. The molecule has 1 fully saturated rings. The Morgan fingerprint density at radius 1 is 1.44 bits per heavy atom. The van der Waals surface area contributed by atoms with Gasteiger partial charge in [0.1, 0.15) is 11.5 Å². The molecule has 1 aliphatic carbocycles. The minimum absolute atomic E-state index is 0.203. The lowest BCUT2D eigenvalue weighted by molar-refractivity contribution is -0.125. The maximum Gasteiger partial charge on any atom is 0.136 e. The van der Waals surface area contributed by atoms with Gasteiger partial charge < -0.3 is 4.74 Å². The normalized spacial score (nSPS) is 24.1. The van der Waals surface area contributed by atoms with E-state index in [2.05, 4.69) is 35.0 Å². The molecule has 0 aromatic heterocycles. The summed E-state index contributed by atoms with van der Waals surface area (Å²) in [7, 11) is 1.66. The van der Waals surface area contributed by atoms with Gasteiger partial charge >= 0.3 is 0 Å². The van der Waals surface area contributed by atoms with E-state index in [1.807, 2.05) is 6.07 Å². The average Bonchev–Trinajstić information content (AvgIpc) is 2.34. The maximum atomic E-state index is 11.9. The summed E-state index contributed by atoms with van der Waals surface area (Å²) in [5.74, 6) is 2.14. The van der Waals surface area contributed by atoms with Gasteiger partial charge in [0.2, 0.25) is 0 Å². The van der Waals surface area contributed by atoms with Gasteiger partial charge in [-0.25, -0.2) is 0 Å². The molecule has 0 heterocycles. The van der Waals surface area contributed by atoms with Gasteiger partial charge in [0.05, 0.1) is 11.6 Å². The third-order valence-corrected chi connectivity index (χ3v) is 4.34. The van der Waals surface area contributed by atoms with Crippen LogP contribution in [0.1, 0.15) is 31.7 Å². The smallest absolute Gasteiger partial charge is 0.136 e. The molecule has 0 amide bonds. The minimum Gasteiger partial charge on any atom is -0.496 e. The zero-order valence-electron chi connectivity index (χ0n) is 10.9.